The van der Waals surface area contributed by atoms with E-state index < -0.39 is 0 Å². The van der Waals surface area contributed by atoms with Crippen molar-refractivity contribution >= 4 is 5.91 Å². The Bertz CT molecular complexity index is 424. The standard InChI is InChI=1S/C17H26N2O/c1-14(15-8-4-3-5-9-15)10-13-18-16(20)17(2)11-6-7-12-19-17/h3-5,8-9,14,19H,6-7,10-13H2,1-2H3,(H,18,20). The maximum Gasteiger partial charge on any atom is 0.240 e. The minimum atomic E-state index is -0.367. The fourth-order valence-corrected chi connectivity index (χ4v) is 2.80. The van der Waals surface area contributed by atoms with Crippen LogP contribution in [0.1, 0.15) is 51.0 Å². The minimum absolute atomic E-state index is 0.150. The van der Waals surface area contributed by atoms with Crippen LogP contribution in [0, 0.1) is 0 Å². The summed E-state index contributed by atoms with van der Waals surface area (Å²) >= 11 is 0. The summed E-state index contributed by atoms with van der Waals surface area (Å²) in [5.41, 5.74) is 0.970. The topological polar surface area (TPSA) is 41.1 Å². The van der Waals surface area contributed by atoms with E-state index in [1.54, 1.807) is 0 Å². The van der Waals surface area contributed by atoms with Gasteiger partial charge in [0.2, 0.25) is 5.91 Å². The number of piperidine rings is 1. The molecule has 110 valence electrons. The van der Waals surface area contributed by atoms with Crippen LogP contribution in [-0.4, -0.2) is 24.5 Å². The second-order valence-corrected chi connectivity index (χ2v) is 6.07. The van der Waals surface area contributed by atoms with Gasteiger partial charge in [0.15, 0.2) is 0 Å². The molecule has 1 aromatic carbocycles. The summed E-state index contributed by atoms with van der Waals surface area (Å²) in [6.45, 7) is 5.92. The lowest BCUT2D eigenvalue weighted by Crippen LogP contribution is -2.57. The predicted octanol–water partition coefficient (Wildman–Crippen LogP) is 2.83. The minimum Gasteiger partial charge on any atom is -0.354 e. The predicted molar refractivity (Wildman–Crippen MR) is 82.7 cm³/mol. The third-order valence-corrected chi connectivity index (χ3v) is 4.35. The van der Waals surface area contributed by atoms with Crippen molar-refractivity contribution in [2.24, 2.45) is 0 Å². The molecule has 1 saturated heterocycles. The van der Waals surface area contributed by atoms with Gasteiger partial charge in [-0.3, -0.25) is 4.79 Å². The molecule has 0 radical (unpaired) electrons. The number of carbonyl (C=O) groups excluding carboxylic acids is 1. The van der Waals surface area contributed by atoms with E-state index in [1.807, 2.05) is 13.0 Å². The first-order chi connectivity index (χ1) is 9.62. The van der Waals surface area contributed by atoms with E-state index in [0.29, 0.717) is 5.92 Å². The highest BCUT2D eigenvalue weighted by molar-refractivity contribution is 5.85. The molecule has 2 N–H and O–H groups in total. The first-order valence-corrected chi connectivity index (χ1v) is 7.70. The van der Waals surface area contributed by atoms with Gasteiger partial charge in [0, 0.05) is 6.54 Å². The highest BCUT2D eigenvalue weighted by atomic mass is 16.2. The van der Waals surface area contributed by atoms with Crippen LogP contribution in [-0.2, 0) is 4.79 Å². The molecular formula is C17H26N2O. The van der Waals surface area contributed by atoms with Crippen LogP contribution in [0.4, 0.5) is 0 Å². The van der Waals surface area contributed by atoms with E-state index in [-0.39, 0.29) is 11.4 Å². The molecule has 0 aromatic heterocycles. The van der Waals surface area contributed by atoms with E-state index in [9.17, 15) is 4.79 Å². The molecule has 0 spiro atoms. The van der Waals surface area contributed by atoms with Gasteiger partial charge in [-0.1, -0.05) is 37.3 Å². The van der Waals surface area contributed by atoms with Crippen molar-refractivity contribution in [1.29, 1.82) is 0 Å². The lowest BCUT2D eigenvalue weighted by Gasteiger charge is -2.33. The fraction of sp³-hybridized carbons (Fsp3) is 0.588. The summed E-state index contributed by atoms with van der Waals surface area (Å²) in [4.78, 5) is 12.3. The number of carbonyl (C=O) groups is 1. The van der Waals surface area contributed by atoms with E-state index in [4.69, 9.17) is 0 Å². The smallest absolute Gasteiger partial charge is 0.240 e. The number of amides is 1. The largest absolute Gasteiger partial charge is 0.354 e. The van der Waals surface area contributed by atoms with Gasteiger partial charge < -0.3 is 10.6 Å². The van der Waals surface area contributed by atoms with Crippen LogP contribution in [0.15, 0.2) is 30.3 Å². The third kappa shape index (κ3) is 3.83. The second-order valence-electron chi connectivity index (χ2n) is 6.07. The van der Waals surface area contributed by atoms with Gasteiger partial charge in [0.1, 0.15) is 0 Å². The second kappa shape index (κ2) is 6.89. The molecule has 0 aliphatic carbocycles. The summed E-state index contributed by atoms with van der Waals surface area (Å²) < 4.78 is 0. The molecular weight excluding hydrogens is 248 g/mol. The Morgan fingerprint density at radius 3 is 2.75 bits per heavy atom. The molecule has 1 aliphatic heterocycles. The number of hydrogen-bond donors (Lipinski definition) is 2. The molecule has 0 bridgehead atoms. The van der Waals surface area contributed by atoms with Crippen molar-refractivity contribution < 1.29 is 4.79 Å². The third-order valence-electron chi connectivity index (χ3n) is 4.35. The SMILES string of the molecule is CC(CCNC(=O)C1(C)CCCCN1)c1ccccc1. The van der Waals surface area contributed by atoms with Crippen molar-refractivity contribution in [2.75, 3.05) is 13.1 Å². The molecule has 3 heteroatoms. The van der Waals surface area contributed by atoms with E-state index in [2.05, 4.69) is 41.8 Å². The fourth-order valence-electron chi connectivity index (χ4n) is 2.80. The Balaban J connectivity index is 1.76. The van der Waals surface area contributed by atoms with Crippen LogP contribution < -0.4 is 10.6 Å². The van der Waals surface area contributed by atoms with Gasteiger partial charge in [0.25, 0.3) is 0 Å². The Morgan fingerprint density at radius 2 is 2.10 bits per heavy atom. The molecule has 2 unspecified atom stereocenters. The summed E-state index contributed by atoms with van der Waals surface area (Å²) in [7, 11) is 0. The Morgan fingerprint density at radius 1 is 1.35 bits per heavy atom. The van der Waals surface area contributed by atoms with Crippen LogP contribution in [0.5, 0.6) is 0 Å². The lowest BCUT2D eigenvalue weighted by atomic mass is 9.90. The average molecular weight is 274 g/mol. The highest BCUT2D eigenvalue weighted by Crippen LogP contribution is 2.20. The summed E-state index contributed by atoms with van der Waals surface area (Å²) in [5.74, 6) is 0.626. The maximum atomic E-state index is 12.3. The molecule has 2 atom stereocenters. The summed E-state index contributed by atoms with van der Waals surface area (Å²) in [6, 6.07) is 10.5. The van der Waals surface area contributed by atoms with Crippen molar-refractivity contribution in [3.05, 3.63) is 35.9 Å². The van der Waals surface area contributed by atoms with Crippen LogP contribution in [0.3, 0.4) is 0 Å². The van der Waals surface area contributed by atoms with Gasteiger partial charge in [-0.05, 0) is 50.6 Å². The normalized spacial score (nSPS) is 24.1. The zero-order valence-corrected chi connectivity index (χ0v) is 12.6. The molecule has 2 rings (SSSR count). The molecule has 1 fully saturated rings. The number of benzene rings is 1. The van der Waals surface area contributed by atoms with E-state index in [0.717, 1.165) is 32.4 Å². The molecule has 0 saturated carbocycles. The van der Waals surface area contributed by atoms with E-state index in [1.165, 1.54) is 12.0 Å². The van der Waals surface area contributed by atoms with Crippen LogP contribution >= 0.6 is 0 Å². The lowest BCUT2D eigenvalue weighted by molar-refractivity contribution is -0.127. The van der Waals surface area contributed by atoms with Crippen molar-refractivity contribution in [3.8, 4) is 0 Å². The summed E-state index contributed by atoms with van der Waals surface area (Å²) in [6.07, 6.45) is 4.23. The Labute approximate surface area is 122 Å². The zero-order chi connectivity index (χ0) is 14.4. The van der Waals surface area contributed by atoms with Crippen LogP contribution in [0.2, 0.25) is 0 Å². The maximum absolute atomic E-state index is 12.3. The summed E-state index contributed by atoms with van der Waals surface area (Å²) in [5, 5.41) is 6.45. The number of rotatable bonds is 5. The zero-order valence-electron chi connectivity index (χ0n) is 12.6. The van der Waals surface area contributed by atoms with Crippen molar-refractivity contribution in [3.63, 3.8) is 0 Å². The van der Waals surface area contributed by atoms with Gasteiger partial charge >= 0.3 is 0 Å². The molecule has 1 aromatic rings. The number of nitrogens with one attached hydrogen (secondary N) is 2. The quantitative estimate of drug-likeness (QED) is 0.867. The molecule has 20 heavy (non-hydrogen) atoms. The monoisotopic (exact) mass is 274 g/mol. The first kappa shape index (κ1) is 15.0. The first-order valence-electron chi connectivity index (χ1n) is 7.70. The highest BCUT2D eigenvalue weighted by Gasteiger charge is 2.33. The van der Waals surface area contributed by atoms with Crippen molar-refractivity contribution in [2.45, 2.75) is 51.0 Å². The molecule has 1 aliphatic rings. The molecule has 1 amide bonds. The van der Waals surface area contributed by atoms with E-state index >= 15 is 0 Å². The Hall–Kier alpha value is -1.35. The average Bonchev–Trinajstić information content (AvgIpc) is 2.48. The number of hydrogen-bond acceptors (Lipinski definition) is 2. The molecule has 1 heterocycles. The van der Waals surface area contributed by atoms with Gasteiger partial charge in [-0.25, -0.2) is 0 Å². The Kier molecular flexibility index (Phi) is 5.18. The van der Waals surface area contributed by atoms with Gasteiger partial charge in [-0.15, -0.1) is 0 Å². The van der Waals surface area contributed by atoms with Crippen molar-refractivity contribution in [1.82, 2.24) is 10.6 Å². The van der Waals surface area contributed by atoms with Crippen LogP contribution in [0.25, 0.3) is 0 Å². The van der Waals surface area contributed by atoms with Gasteiger partial charge in [0.05, 0.1) is 5.54 Å². The molecule has 3 nitrogen and oxygen atoms in total. The van der Waals surface area contributed by atoms with Gasteiger partial charge in [-0.2, -0.15) is 0 Å².